The van der Waals surface area contributed by atoms with Gasteiger partial charge in [0.25, 0.3) is 0 Å². The van der Waals surface area contributed by atoms with Gasteiger partial charge in [0.1, 0.15) is 0 Å². The highest BCUT2D eigenvalue weighted by Gasteiger charge is 2.42. The molecule has 1 aromatic heterocycles. The minimum Gasteiger partial charge on any atom is -0.472 e. The highest BCUT2D eigenvalue weighted by molar-refractivity contribution is 5.91. The minimum absolute atomic E-state index is 0.00538. The zero-order chi connectivity index (χ0) is 15.4. The monoisotopic (exact) mass is 298 g/mol. The quantitative estimate of drug-likeness (QED) is 0.903. The zero-order valence-corrected chi connectivity index (χ0v) is 12.2. The number of benzene rings is 1. The van der Waals surface area contributed by atoms with Crippen LogP contribution < -0.4 is 10.6 Å². The van der Waals surface area contributed by atoms with E-state index in [1.807, 2.05) is 36.4 Å². The van der Waals surface area contributed by atoms with Crippen molar-refractivity contribution in [2.24, 2.45) is 0 Å². The molecule has 1 unspecified atom stereocenters. The number of piperidine rings is 1. The first kappa shape index (κ1) is 14.4. The van der Waals surface area contributed by atoms with Gasteiger partial charge in [0, 0.05) is 25.1 Å². The largest absolute Gasteiger partial charge is 0.472 e. The molecule has 2 aromatic rings. The summed E-state index contributed by atoms with van der Waals surface area (Å²) < 4.78 is 5.01. The van der Waals surface area contributed by atoms with Crippen LogP contribution in [0.4, 0.5) is 0 Å². The number of hydrogen-bond acceptors (Lipinski definition) is 3. The van der Waals surface area contributed by atoms with Gasteiger partial charge in [0.05, 0.1) is 17.9 Å². The molecule has 5 nitrogen and oxygen atoms in total. The summed E-state index contributed by atoms with van der Waals surface area (Å²) in [5, 5.41) is 5.79. The van der Waals surface area contributed by atoms with Gasteiger partial charge >= 0.3 is 0 Å². The maximum atomic E-state index is 12.8. The molecular weight excluding hydrogens is 280 g/mol. The van der Waals surface area contributed by atoms with Crippen LogP contribution >= 0.6 is 0 Å². The molecule has 1 fully saturated rings. The van der Waals surface area contributed by atoms with Crippen molar-refractivity contribution in [2.75, 3.05) is 6.54 Å². The maximum absolute atomic E-state index is 12.8. The fraction of sp³-hybridized carbons (Fsp3) is 0.294. The third-order valence-electron chi connectivity index (χ3n) is 4.16. The standard InChI is InChI=1S/C17H18N2O3/c20-15-6-8-17(12-19-15,14-4-2-1-3-5-14)16(21)18-10-13-7-9-22-11-13/h1-5,7,9,11H,6,8,10,12H2,(H,18,21)(H,19,20). The van der Waals surface area contributed by atoms with Crippen molar-refractivity contribution in [1.82, 2.24) is 10.6 Å². The SMILES string of the molecule is O=C1CCC(C(=O)NCc2ccoc2)(c2ccccc2)CN1. The molecule has 1 saturated heterocycles. The number of hydrogen-bond donors (Lipinski definition) is 2. The minimum atomic E-state index is -0.709. The highest BCUT2D eigenvalue weighted by atomic mass is 16.3. The number of amides is 2. The lowest BCUT2D eigenvalue weighted by atomic mass is 9.73. The molecule has 0 saturated carbocycles. The Kier molecular flexibility index (Phi) is 3.96. The van der Waals surface area contributed by atoms with E-state index in [9.17, 15) is 9.59 Å². The summed E-state index contributed by atoms with van der Waals surface area (Å²) in [5.41, 5.74) is 1.13. The Balaban J connectivity index is 1.82. The zero-order valence-electron chi connectivity index (χ0n) is 12.2. The number of rotatable bonds is 4. The van der Waals surface area contributed by atoms with Crippen LogP contribution in [-0.4, -0.2) is 18.4 Å². The van der Waals surface area contributed by atoms with Crippen LogP contribution in [0.15, 0.2) is 53.3 Å². The Bertz CT molecular complexity index is 640. The summed E-state index contributed by atoms with van der Waals surface area (Å²) in [6.07, 6.45) is 4.06. The van der Waals surface area contributed by atoms with Gasteiger partial charge in [-0.1, -0.05) is 30.3 Å². The van der Waals surface area contributed by atoms with E-state index in [0.717, 1.165) is 11.1 Å². The maximum Gasteiger partial charge on any atom is 0.232 e. The number of furan rings is 1. The second kappa shape index (κ2) is 6.05. The van der Waals surface area contributed by atoms with Crippen LogP contribution in [0.2, 0.25) is 0 Å². The van der Waals surface area contributed by atoms with Gasteiger partial charge in [-0.25, -0.2) is 0 Å². The lowest BCUT2D eigenvalue weighted by molar-refractivity contribution is -0.131. The molecule has 2 heterocycles. The van der Waals surface area contributed by atoms with Gasteiger partial charge in [-0.3, -0.25) is 9.59 Å². The van der Waals surface area contributed by atoms with Gasteiger partial charge in [-0.2, -0.15) is 0 Å². The molecule has 0 bridgehead atoms. The first-order chi connectivity index (χ1) is 10.7. The van der Waals surface area contributed by atoms with Crippen molar-refractivity contribution < 1.29 is 14.0 Å². The molecule has 0 radical (unpaired) electrons. The summed E-state index contributed by atoms with van der Waals surface area (Å²) in [7, 11) is 0. The van der Waals surface area contributed by atoms with E-state index in [1.165, 1.54) is 0 Å². The predicted molar refractivity (Wildman–Crippen MR) is 80.9 cm³/mol. The van der Waals surface area contributed by atoms with Crippen molar-refractivity contribution in [2.45, 2.75) is 24.8 Å². The Labute approximate surface area is 128 Å². The third-order valence-corrected chi connectivity index (χ3v) is 4.16. The fourth-order valence-corrected chi connectivity index (χ4v) is 2.83. The van der Waals surface area contributed by atoms with Crippen molar-refractivity contribution >= 4 is 11.8 Å². The highest BCUT2D eigenvalue weighted by Crippen LogP contribution is 2.32. The lowest BCUT2D eigenvalue weighted by Crippen LogP contribution is -2.55. The van der Waals surface area contributed by atoms with Crippen molar-refractivity contribution in [3.8, 4) is 0 Å². The van der Waals surface area contributed by atoms with E-state index in [1.54, 1.807) is 12.5 Å². The van der Waals surface area contributed by atoms with Gasteiger partial charge in [0.2, 0.25) is 11.8 Å². The van der Waals surface area contributed by atoms with Crippen LogP contribution in [0.1, 0.15) is 24.0 Å². The second-order valence-electron chi connectivity index (χ2n) is 5.54. The Morgan fingerprint density at radius 3 is 2.73 bits per heavy atom. The normalized spacial score (nSPS) is 21.2. The van der Waals surface area contributed by atoms with E-state index >= 15 is 0 Å². The van der Waals surface area contributed by atoms with Crippen molar-refractivity contribution in [3.63, 3.8) is 0 Å². The first-order valence-corrected chi connectivity index (χ1v) is 7.32. The second-order valence-corrected chi connectivity index (χ2v) is 5.54. The van der Waals surface area contributed by atoms with Crippen LogP contribution in [0.25, 0.3) is 0 Å². The molecule has 1 aromatic carbocycles. The average Bonchev–Trinajstić information content (AvgIpc) is 3.08. The fourth-order valence-electron chi connectivity index (χ4n) is 2.83. The van der Waals surface area contributed by atoms with Crippen LogP contribution in [-0.2, 0) is 21.5 Å². The summed E-state index contributed by atoms with van der Waals surface area (Å²) in [6, 6.07) is 11.4. The number of carbonyl (C=O) groups is 2. The molecule has 1 atom stereocenters. The lowest BCUT2D eigenvalue weighted by Gasteiger charge is -2.36. The molecule has 3 rings (SSSR count). The Morgan fingerprint density at radius 2 is 2.09 bits per heavy atom. The smallest absolute Gasteiger partial charge is 0.232 e. The summed E-state index contributed by atoms with van der Waals surface area (Å²) in [5.74, 6) is -0.0749. The topological polar surface area (TPSA) is 71.3 Å². The van der Waals surface area contributed by atoms with Crippen LogP contribution in [0.5, 0.6) is 0 Å². The van der Waals surface area contributed by atoms with E-state index in [-0.39, 0.29) is 11.8 Å². The molecular formula is C17H18N2O3. The summed E-state index contributed by atoms with van der Waals surface area (Å²) >= 11 is 0. The molecule has 114 valence electrons. The van der Waals surface area contributed by atoms with Gasteiger partial charge in [-0.05, 0) is 18.1 Å². The first-order valence-electron chi connectivity index (χ1n) is 7.32. The number of nitrogens with one attached hydrogen (secondary N) is 2. The summed E-state index contributed by atoms with van der Waals surface area (Å²) in [4.78, 5) is 24.3. The predicted octanol–water partition coefficient (Wildman–Crippen LogP) is 1.74. The van der Waals surface area contributed by atoms with Crippen molar-refractivity contribution in [1.29, 1.82) is 0 Å². The molecule has 2 amide bonds. The van der Waals surface area contributed by atoms with Gasteiger partial charge in [0.15, 0.2) is 0 Å². The van der Waals surface area contributed by atoms with Crippen LogP contribution in [0.3, 0.4) is 0 Å². The van der Waals surface area contributed by atoms with Crippen molar-refractivity contribution in [3.05, 3.63) is 60.1 Å². The molecule has 5 heteroatoms. The third kappa shape index (κ3) is 2.74. The van der Waals surface area contributed by atoms with Gasteiger partial charge in [-0.15, -0.1) is 0 Å². The van der Waals surface area contributed by atoms with E-state index in [0.29, 0.717) is 25.9 Å². The van der Waals surface area contributed by atoms with E-state index in [4.69, 9.17) is 4.42 Å². The Morgan fingerprint density at radius 1 is 1.27 bits per heavy atom. The molecule has 2 N–H and O–H groups in total. The molecule has 22 heavy (non-hydrogen) atoms. The Hall–Kier alpha value is -2.56. The average molecular weight is 298 g/mol. The van der Waals surface area contributed by atoms with Gasteiger partial charge < -0.3 is 15.1 Å². The molecule has 0 spiro atoms. The molecule has 0 aliphatic carbocycles. The van der Waals surface area contributed by atoms with Crippen LogP contribution in [0, 0.1) is 0 Å². The molecule has 1 aliphatic heterocycles. The summed E-state index contributed by atoms with van der Waals surface area (Å²) in [6.45, 7) is 0.741. The number of carbonyl (C=O) groups excluding carboxylic acids is 2. The molecule has 1 aliphatic rings. The van der Waals surface area contributed by atoms with E-state index in [2.05, 4.69) is 10.6 Å². The van der Waals surface area contributed by atoms with E-state index < -0.39 is 5.41 Å².